The van der Waals surface area contributed by atoms with E-state index >= 15 is 0 Å². The van der Waals surface area contributed by atoms with Crippen molar-refractivity contribution in [1.82, 2.24) is 5.32 Å². The van der Waals surface area contributed by atoms with Gasteiger partial charge in [0.25, 0.3) is 0 Å². The summed E-state index contributed by atoms with van der Waals surface area (Å²) in [5, 5.41) is 3.27. The Balaban J connectivity index is 2.11. The third-order valence-electron chi connectivity index (χ3n) is 2.11. The van der Waals surface area contributed by atoms with Gasteiger partial charge in [-0.1, -0.05) is 0 Å². The maximum atomic E-state index is 10.6. The molecule has 0 aliphatic carbocycles. The molecule has 2 atom stereocenters. The minimum atomic E-state index is -0.465. The molecule has 1 saturated heterocycles. The van der Waals surface area contributed by atoms with E-state index in [1.807, 2.05) is 0 Å². The Labute approximate surface area is 72.5 Å². The highest BCUT2D eigenvalue weighted by molar-refractivity contribution is 5.78. The first-order valence-corrected chi connectivity index (χ1v) is 4.34. The van der Waals surface area contributed by atoms with Crippen LogP contribution in [0.25, 0.3) is 0 Å². The number of amides is 1. The molecule has 1 aliphatic heterocycles. The van der Waals surface area contributed by atoms with Crippen molar-refractivity contribution >= 4 is 5.91 Å². The van der Waals surface area contributed by atoms with Gasteiger partial charge in [-0.2, -0.15) is 0 Å². The van der Waals surface area contributed by atoms with Gasteiger partial charge in [0, 0.05) is 6.04 Å². The lowest BCUT2D eigenvalue weighted by Gasteiger charge is -2.13. The Kier molecular flexibility index (Phi) is 3.49. The van der Waals surface area contributed by atoms with Gasteiger partial charge in [-0.05, 0) is 26.3 Å². The number of nitrogens with two attached hydrogens (primary N) is 1. The molecule has 70 valence electrons. The number of nitrogens with one attached hydrogen (secondary N) is 1. The van der Waals surface area contributed by atoms with Gasteiger partial charge >= 0.3 is 0 Å². The van der Waals surface area contributed by atoms with Crippen LogP contribution in [0.4, 0.5) is 0 Å². The summed E-state index contributed by atoms with van der Waals surface area (Å²) in [5.41, 5.74) is 5.04. The quantitative estimate of drug-likeness (QED) is 0.608. The number of rotatable bonds is 4. The van der Waals surface area contributed by atoms with Crippen LogP contribution in [0.3, 0.4) is 0 Å². The van der Waals surface area contributed by atoms with Crippen molar-refractivity contribution in [2.24, 2.45) is 5.73 Å². The van der Waals surface area contributed by atoms with E-state index in [-0.39, 0.29) is 0 Å². The Morgan fingerprint density at radius 3 is 3.08 bits per heavy atom. The van der Waals surface area contributed by atoms with E-state index in [0.29, 0.717) is 12.6 Å². The summed E-state index contributed by atoms with van der Waals surface area (Å²) >= 11 is 0. The smallest absolute Gasteiger partial charge is 0.246 e. The molecule has 4 heteroatoms. The van der Waals surface area contributed by atoms with E-state index in [0.717, 1.165) is 13.0 Å². The van der Waals surface area contributed by atoms with Crippen LogP contribution in [0, 0.1) is 0 Å². The second kappa shape index (κ2) is 4.42. The Morgan fingerprint density at radius 1 is 1.83 bits per heavy atom. The number of carbonyl (C=O) groups excluding carboxylic acids is 1. The largest absolute Gasteiger partial charge is 0.367 e. The van der Waals surface area contributed by atoms with Crippen LogP contribution in [0.5, 0.6) is 0 Å². The lowest BCUT2D eigenvalue weighted by atomic mass is 10.2. The average molecular weight is 172 g/mol. The summed E-state index contributed by atoms with van der Waals surface area (Å²) in [5.74, 6) is -0.395. The van der Waals surface area contributed by atoms with E-state index in [2.05, 4.69) is 5.32 Å². The lowest BCUT2D eigenvalue weighted by Crippen LogP contribution is -2.34. The molecule has 12 heavy (non-hydrogen) atoms. The number of ether oxygens (including phenoxy) is 1. The number of hydrogen-bond donors (Lipinski definition) is 2. The molecular formula is C8H16N2O2. The van der Waals surface area contributed by atoms with Gasteiger partial charge in [0.05, 0.1) is 6.61 Å². The maximum Gasteiger partial charge on any atom is 0.246 e. The average Bonchev–Trinajstić information content (AvgIpc) is 2.51. The van der Waals surface area contributed by atoms with Crippen LogP contribution >= 0.6 is 0 Å². The van der Waals surface area contributed by atoms with Crippen molar-refractivity contribution in [2.75, 3.05) is 13.2 Å². The molecule has 0 spiro atoms. The van der Waals surface area contributed by atoms with Gasteiger partial charge < -0.3 is 15.8 Å². The van der Waals surface area contributed by atoms with Gasteiger partial charge in [-0.15, -0.1) is 0 Å². The molecule has 4 nitrogen and oxygen atoms in total. The minimum absolute atomic E-state index is 0.395. The first-order chi connectivity index (χ1) is 5.70. The van der Waals surface area contributed by atoms with Crippen LogP contribution in [0.15, 0.2) is 0 Å². The summed E-state index contributed by atoms with van der Waals surface area (Å²) in [6, 6.07) is 0.409. The first-order valence-electron chi connectivity index (χ1n) is 4.34. The highest BCUT2D eigenvalue weighted by Gasteiger charge is 2.16. The Morgan fingerprint density at radius 2 is 2.58 bits per heavy atom. The fourth-order valence-electron chi connectivity index (χ4n) is 1.24. The van der Waals surface area contributed by atoms with Crippen LogP contribution < -0.4 is 11.1 Å². The highest BCUT2D eigenvalue weighted by atomic mass is 16.5. The normalized spacial score (nSPS) is 25.6. The molecule has 0 bridgehead atoms. The third kappa shape index (κ3) is 2.79. The lowest BCUT2D eigenvalue weighted by molar-refractivity contribution is -0.128. The molecular weight excluding hydrogens is 156 g/mol. The fourth-order valence-corrected chi connectivity index (χ4v) is 1.24. The van der Waals surface area contributed by atoms with Crippen LogP contribution in [-0.2, 0) is 9.53 Å². The van der Waals surface area contributed by atoms with Crippen molar-refractivity contribution in [2.45, 2.75) is 31.9 Å². The fraction of sp³-hybridized carbons (Fsp3) is 0.875. The van der Waals surface area contributed by atoms with E-state index in [9.17, 15) is 4.79 Å². The molecule has 1 heterocycles. The van der Waals surface area contributed by atoms with E-state index in [1.54, 1.807) is 6.92 Å². The van der Waals surface area contributed by atoms with E-state index in [1.165, 1.54) is 6.42 Å². The molecule has 0 aromatic carbocycles. The van der Waals surface area contributed by atoms with Crippen LogP contribution in [0.1, 0.15) is 19.8 Å². The molecule has 1 amide bonds. The second-order valence-corrected chi connectivity index (χ2v) is 3.17. The molecule has 1 rings (SSSR count). The molecule has 0 radical (unpaired) electrons. The van der Waals surface area contributed by atoms with Crippen LogP contribution in [-0.4, -0.2) is 31.2 Å². The molecule has 0 saturated carbocycles. The van der Waals surface area contributed by atoms with Crippen molar-refractivity contribution in [3.8, 4) is 0 Å². The standard InChI is InChI=1S/C8H16N2O2/c1-6(8(9)11)12-5-7-3-2-4-10-7/h6-7,10H,2-5H2,1H3,(H2,9,11). The van der Waals surface area contributed by atoms with Crippen molar-refractivity contribution in [3.05, 3.63) is 0 Å². The van der Waals surface area contributed by atoms with Crippen LogP contribution in [0.2, 0.25) is 0 Å². The van der Waals surface area contributed by atoms with Gasteiger partial charge in [-0.3, -0.25) is 4.79 Å². The molecule has 3 N–H and O–H groups in total. The van der Waals surface area contributed by atoms with Gasteiger partial charge in [0.2, 0.25) is 5.91 Å². The molecule has 1 aliphatic rings. The summed E-state index contributed by atoms with van der Waals surface area (Å²) < 4.78 is 5.25. The molecule has 2 unspecified atom stereocenters. The summed E-state index contributed by atoms with van der Waals surface area (Å²) in [4.78, 5) is 10.6. The van der Waals surface area contributed by atoms with E-state index in [4.69, 9.17) is 10.5 Å². The van der Waals surface area contributed by atoms with Crippen molar-refractivity contribution < 1.29 is 9.53 Å². The number of carbonyl (C=O) groups is 1. The zero-order chi connectivity index (χ0) is 8.97. The van der Waals surface area contributed by atoms with Gasteiger partial charge in [0.1, 0.15) is 6.10 Å². The van der Waals surface area contributed by atoms with Gasteiger partial charge in [-0.25, -0.2) is 0 Å². The predicted octanol–water partition coefficient (Wildman–Crippen LogP) is -0.371. The Hall–Kier alpha value is -0.610. The molecule has 0 aromatic heterocycles. The monoisotopic (exact) mass is 172 g/mol. The minimum Gasteiger partial charge on any atom is -0.367 e. The topological polar surface area (TPSA) is 64.3 Å². The Bertz CT molecular complexity index is 155. The summed E-state index contributed by atoms with van der Waals surface area (Å²) in [6.07, 6.45) is 1.86. The zero-order valence-electron chi connectivity index (χ0n) is 7.38. The molecule has 1 fully saturated rings. The summed E-state index contributed by atoms with van der Waals surface area (Å²) in [6.45, 7) is 3.32. The maximum absolute atomic E-state index is 10.6. The zero-order valence-corrected chi connectivity index (χ0v) is 7.38. The van der Waals surface area contributed by atoms with Gasteiger partial charge in [0.15, 0.2) is 0 Å². The number of primary amides is 1. The number of hydrogen-bond acceptors (Lipinski definition) is 3. The SMILES string of the molecule is CC(OCC1CCCN1)C(N)=O. The highest BCUT2D eigenvalue weighted by Crippen LogP contribution is 2.05. The molecule has 0 aromatic rings. The van der Waals surface area contributed by atoms with E-state index < -0.39 is 12.0 Å². The summed E-state index contributed by atoms with van der Waals surface area (Å²) in [7, 11) is 0. The second-order valence-electron chi connectivity index (χ2n) is 3.17. The first kappa shape index (κ1) is 9.48. The third-order valence-corrected chi connectivity index (χ3v) is 2.11. The van der Waals surface area contributed by atoms with Crippen molar-refractivity contribution in [1.29, 1.82) is 0 Å². The van der Waals surface area contributed by atoms with Crippen molar-refractivity contribution in [3.63, 3.8) is 0 Å². The predicted molar refractivity (Wildman–Crippen MR) is 45.6 cm³/mol.